The van der Waals surface area contributed by atoms with Gasteiger partial charge >= 0.3 is 0 Å². The molecule has 2 N–H and O–H groups in total. The lowest BCUT2D eigenvalue weighted by Crippen LogP contribution is -2.30. The Morgan fingerprint density at radius 2 is 2.20 bits per heavy atom. The van der Waals surface area contributed by atoms with Crippen molar-refractivity contribution in [3.63, 3.8) is 0 Å². The molecule has 112 valence electrons. The van der Waals surface area contributed by atoms with Crippen LogP contribution in [0.5, 0.6) is 5.75 Å². The third-order valence-electron chi connectivity index (χ3n) is 4.37. The van der Waals surface area contributed by atoms with Crippen LogP contribution in [-0.2, 0) is 6.54 Å². The Hall–Kier alpha value is -1.06. The molecule has 1 aromatic rings. The van der Waals surface area contributed by atoms with Crippen molar-refractivity contribution < 1.29 is 4.74 Å². The molecule has 0 radical (unpaired) electrons. The molecule has 2 rings (SSSR count). The number of nitrogens with zero attached hydrogens (tertiary/aromatic N) is 1. The molecule has 0 bridgehead atoms. The maximum absolute atomic E-state index is 6.20. The van der Waals surface area contributed by atoms with Crippen LogP contribution in [0.15, 0.2) is 24.3 Å². The summed E-state index contributed by atoms with van der Waals surface area (Å²) in [5, 5.41) is 0. The standard InChI is InChI=1S/C17H28N2O/c1-13(2)17(18)10-15-7-8-19(12-15)11-14-5-4-6-16(9-14)20-3/h4-6,9,13,15,17H,7-8,10-12,18H2,1-3H3. The fourth-order valence-electron chi connectivity index (χ4n) is 2.93. The van der Waals surface area contributed by atoms with Gasteiger partial charge in [-0.2, -0.15) is 0 Å². The second-order valence-electron chi connectivity index (χ2n) is 6.38. The fourth-order valence-corrected chi connectivity index (χ4v) is 2.93. The van der Waals surface area contributed by atoms with Crippen LogP contribution in [0.2, 0.25) is 0 Å². The van der Waals surface area contributed by atoms with Gasteiger partial charge in [-0.1, -0.05) is 26.0 Å². The zero-order valence-electron chi connectivity index (χ0n) is 13.0. The molecular weight excluding hydrogens is 248 g/mol. The van der Waals surface area contributed by atoms with Gasteiger partial charge in [0.2, 0.25) is 0 Å². The van der Waals surface area contributed by atoms with E-state index in [0.29, 0.717) is 12.0 Å². The molecular formula is C17H28N2O. The van der Waals surface area contributed by atoms with E-state index in [9.17, 15) is 0 Å². The normalized spacial score (nSPS) is 21.4. The van der Waals surface area contributed by atoms with Crippen LogP contribution < -0.4 is 10.5 Å². The summed E-state index contributed by atoms with van der Waals surface area (Å²) in [5.41, 5.74) is 7.53. The SMILES string of the molecule is COc1cccc(CN2CCC(CC(N)C(C)C)C2)c1. The number of hydrogen-bond acceptors (Lipinski definition) is 3. The molecule has 3 heteroatoms. The summed E-state index contributed by atoms with van der Waals surface area (Å²) in [6, 6.07) is 8.72. The monoisotopic (exact) mass is 276 g/mol. The second-order valence-corrected chi connectivity index (χ2v) is 6.38. The zero-order valence-corrected chi connectivity index (χ0v) is 13.0. The number of nitrogens with two attached hydrogens (primary N) is 1. The number of hydrogen-bond donors (Lipinski definition) is 1. The molecule has 0 aromatic heterocycles. The van der Waals surface area contributed by atoms with Gasteiger partial charge in [0.1, 0.15) is 5.75 Å². The number of benzene rings is 1. The molecule has 1 aliphatic heterocycles. The Balaban J connectivity index is 1.83. The highest BCUT2D eigenvalue weighted by molar-refractivity contribution is 5.28. The minimum Gasteiger partial charge on any atom is -0.497 e. The third kappa shape index (κ3) is 4.22. The molecule has 0 spiro atoms. The van der Waals surface area contributed by atoms with Crippen LogP contribution in [-0.4, -0.2) is 31.1 Å². The molecule has 0 amide bonds. The number of ether oxygens (including phenoxy) is 1. The van der Waals surface area contributed by atoms with Crippen LogP contribution in [0.1, 0.15) is 32.3 Å². The predicted octanol–water partition coefficient (Wildman–Crippen LogP) is 2.89. The largest absolute Gasteiger partial charge is 0.497 e. The van der Waals surface area contributed by atoms with Gasteiger partial charge in [0.05, 0.1) is 7.11 Å². The quantitative estimate of drug-likeness (QED) is 0.868. The number of rotatable bonds is 6. The van der Waals surface area contributed by atoms with Crippen molar-refractivity contribution >= 4 is 0 Å². The summed E-state index contributed by atoms with van der Waals surface area (Å²) in [7, 11) is 1.72. The first kappa shape index (κ1) is 15.3. The topological polar surface area (TPSA) is 38.5 Å². The Morgan fingerprint density at radius 3 is 2.90 bits per heavy atom. The lowest BCUT2D eigenvalue weighted by molar-refractivity contribution is 0.301. The van der Waals surface area contributed by atoms with Gasteiger partial charge in [0.15, 0.2) is 0 Å². The van der Waals surface area contributed by atoms with E-state index in [-0.39, 0.29) is 0 Å². The molecule has 1 heterocycles. The number of likely N-dealkylation sites (tertiary alicyclic amines) is 1. The first-order valence-electron chi connectivity index (χ1n) is 7.69. The molecule has 1 saturated heterocycles. The summed E-state index contributed by atoms with van der Waals surface area (Å²) in [4.78, 5) is 2.53. The molecule has 2 unspecified atom stereocenters. The van der Waals surface area contributed by atoms with Gasteiger partial charge < -0.3 is 10.5 Å². The van der Waals surface area contributed by atoms with Gasteiger partial charge in [0, 0.05) is 19.1 Å². The van der Waals surface area contributed by atoms with Crippen molar-refractivity contribution in [3.8, 4) is 5.75 Å². The van der Waals surface area contributed by atoms with E-state index in [0.717, 1.165) is 24.6 Å². The maximum Gasteiger partial charge on any atom is 0.119 e. The first-order chi connectivity index (χ1) is 9.58. The van der Waals surface area contributed by atoms with Crippen LogP contribution in [0.4, 0.5) is 0 Å². The summed E-state index contributed by atoms with van der Waals surface area (Å²) in [6.45, 7) is 7.82. The van der Waals surface area contributed by atoms with Gasteiger partial charge in [-0.25, -0.2) is 0 Å². The fraction of sp³-hybridized carbons (Fsp3) is 0.647. The molecule has 1 fully saturated rings. The van der Waals surface area contributed by atoms with Gasteiger partial charge in [-0.3, -0.25) is 4.90 Å². The highest BCUT2D eigenvalue weighted by Crippen LogP contribution is 2.24. The first-order valence-corrected chi connectivity index (χ1v) is 7.69. The Kier molecular flexibility index (Phi) is 5.44. The molecule has 0 saturated carbocycles. The van der Waals surface area contributed by atoms with Crippen molar-refractivity contribution in [2.75, 3.05) is 20.2 Å². The van der Waals surface area contributed by atoms with Crippen LogP contribution >= 0.6 is 0 Å². The van der Waals surface area contributed by atoms with Crippen molar-refractivity contribution in [3.05, 3.63) is 29.8 Å². The molecule has 3 nitrogen and oxygen atoms in total. The van der Waals surface area contributed by atoms with E-state index < -0.39 is 0 Å². The van der Waals surface area contributed by atoms with Crippen molar-refractivity contribution in [1.29, 1.82) is 0 Å². The minimum atomic E-state index is 0.344. The lowest BCUT2D eigenvalue weighted by atomic mass is 9.93. The molecule has 20 heavy (non-hydrogen) atoms. The van der Waals surface area contributed by atoms with Gasteiger partial charge in [-0.05, 0) is 48.9 Å². The van der Waals surface area contributed by atoms with Crippen molar-refractivity contribution in [2.24, 2.45) is 17.6 Å². The van der Waals surface area contributed by atoms with Gasteiger partial charge in [0.25, 0.3) is 0 Å². The molecule has 1 aliphatic rings. The average molecular weight is 276 g/mol. The Bertz CT molecular complexity index is 419. The second kappa shape index (κ2) is 7.09. The van der Waals surface area contributed by atoms with E-state index in [1.807, 2.05) is 6.07 Å². The zero-order chi connectivity index (χ0) is 14.5. The maximum atomic E-state index is 6.20. The van der Waals surface area contributed by atoms with Crippen LogP contribution in [0.25, 0.3) is 0 Å². The number of methoxy groups -OCH3 is 1. The minimum absolute atomic E-state index is 0.344. The van der Waals surface area contributed by atoms with Crippen molar-refractivity contribution in [1.82, 2.24) is 4.90 Å². The summed E-state index contributed by atoms with van der Waals surface area (Å²) in [6.07, 6.45) is 2.44. The summed E-state index contributed by atoms with van der Waals surface area (Å²) in [5.74, 6) is 2.29. The van der Waals surface area contributed by atoms with E-state index in [4.69, 9.17) is 10.5 Å². The predicted molar refractivity (Wildman–Crippen MR) is 83.8 cm³/mol. The third-order valence-corrected chi connectivity index (χ3v) is 4.37. The van der Waals surface area contributed by atoms with E-state index >= 15 is 0 Å². The Morgan fingerprint density at radius 1 is 1.40 bits per heavy atom. The van der Waals surface area contributed by atoms with E-state index in [1.54, 1.807) is 7.11 Å². The van der Waals surface area contributed by atoms with Crippen molar-refractivity contribution in [2.45, 2.75) is 39.3 Å². The molecule has 1 aromatic carbocycles. The molecule has 2 atom stereocenters. The highest BCUT2D eigenvalue weighted by atomic mass is 16.5. The Labute approximate surface area is 123 Å². The van der Waals surface area contributed by atoms with Crippen LogP contribution in [0, 0.1) is 11.8 Å². The van der Waals surface area contributed by atoms with E-state index in [2.05, 4.69) is 36.9 Å². The summed E-state index contributed by atoms with van der Waals surface area (Å²) < 4.78 is 5.28. The summed E-state index contributed by atoms with van der Waals surface area (Å²) >= 11 is 0. The van der Waals surface area contributed by atoms with Gasteiger partial charge in [-0.15, -0.1) is 0 Å². The lowest BCUT2D eigenvalue weighted by Gasteiger charge is -2.20. The average Bonchev–Trinajstić information content (AvgIpc) is 2.86. The molecule has 0 aliphatic carbocycles. The van der Waals surface area contributed by atoms with E-state index in [1.165, 1.54) is 25.1 Å². The van der Waals surface area contributed by atoms with Crippen LogP contribution in [0.3, 0.4) is 0 Å². The highest BCUT2D eigenvalue weighted by Gasteiger charge is 2.25. The smallest absolute Gasteiger partial charge is 0.119 e.